The number of ether oxygens (including phenoxy) is 2. The Morgan fingerprint density at radius 3 is 2.52 bits per heavy atom. The normalized spacial score (nSPS) is 10.9. The maximum absolute atomic E-state index is 5.44. The Labute approximate surface area is 158 Å². The topological polar surface area (TPSA) is 48.7 Å². The van der Waals surface area contributed by atoms with Crippen molar-refractivity contribution in [3.8, 4) is 34.0 Å². The molecule has 2 aromatic heterocycles. The molecule has 2 aromatic carbocycles. The second-order valence-electron chi connectivity index (χ2n) is 6.27. The first-order valence-electron chi connectivity index (χ1n) is 8.88. The summed E-state index contributed by atoms with van der Waals surface area (Å²) in [5.74, 6) is 1.39. The molecular weight excluding hydrogens is 338 g/mol. The lowest BCUT2D eigenvalue weighted by Gasteiger charge is -2.10. The molecule has 0 unspecified atom stereocenters. The fraction of sp³-hybridized carbons (Fsp3) is 0.182. The molecule has 0 atom stereocenters. The minimum atomic E-state index is 0.690. The van der Waals surface area contributed by atoms with Gasteiger partial charge in [0.15, 0.2) is 17.1 Å². The molecule has 0 saturated heterocycles. The van der Waals surface area contributed by atoms with Crippen LogP contribution in [-0.2, 0) is 6.42 Å². The van der Waals surface area contributed by atoms with Crippen LogP contribution in [0.15, 0.2) is 61.1 Å². The van der Waals surface area contributed by atoms with Crippen LogP contribution in [0.5, 0.6) is 11.5 Å². The number of methoxy groups -OCH3 is 2. The predicted molar refractivity (Wildman–Crippen MR) is 106 cm³/mol. The van der Waals surface area contributed by atoms with Crippen LogP contribution in [0.3, 0.4) is 0 Å². The summed E-state index contributed by atoms with van der Waals surface area (Å²) < 4.78 is 12.8. The zero-order valence-corrected chi connectivity index (χ0v) is 15.6. The fourth-order valence-electron chi connectivity index (χ4n) is 3.20. The lowest BCUT2D eigenvalue weighted by atomic mass is 10.1. The van der Waals surface area contributed by atoms with Crippen molar-refractivity contribution in [2.24, 2.45) is 0 Å². The van der Waals surface area contributed by atoms with Crippen molar-refractivity contribution in [2.45, 2.75) is 13.3 Å². The van der Waals surface area contributed by atoms with Gasteiger partial charge in [0.1, 0.15) is 0 Å². The van der Waals surface area contributed by atoms with Gasteiger partial charge in [-0.1, -0.05) is 25.1 Å². The third-order valence-corrected chi connectivity index (χ3v) is 4.71. The van der Waals surface area contributed by atoms with Crippen LogP contribution in [-0.4, -0.2) is 28.6 Å². The molecule has 5 nitrogen and oxygen atoms in total. The summed E-state index contributed by atoms with van der Waals surface area (Å²) in [6.07, 6.45) is 6.68. The Morgan fingerprint density at radius 1 is 0.889 bits per heavy atom. The van der Waals surface area contributed by atoms with Crippen LogP contribution < -0.4 is 9.47 Å². The second kappa shape index (κ2) is 7.11. The second-order valence-corrected chi connectivity index (χ2v) is 6.27. The number of nitrogens with zero attached hydrogens (tertiary/aromatic N) is 3. The molecule has 0 aliphatic carbocycles. The standard InChI is InChI=1S/C22H21N3O2/c1-4-15-6-5-7-16(10-15)18-14-25-19(12-24-22(25)13-23-18)17-8-9-20(26-2)21(11-17)27-3/h5-14H,4H2,1-3H3. The van der Waals surface area contributed by atoms with Crippen molar-refractivity contribution in [1.29, 1.82) is 0 Å². The van der Waals surface area contributed by atoms with E-state index in [0.29, 0.717) is 11.5 Å². The molecule has 0 fully saturated rings. The molecule has 27 heavy (non-hydrogen) atoms. The van der Waals surface area contributed by atoms with Crippen LogP contribution in [0.1, 0.15) is 12.5 Å². The monoisotopic (exact) mass is 359 g/mol. The van der Waals surface area contributed by atoms with Gasteiger partial charge >= 0.3 is 0 Å². The summed E-state index contributed by atoms with van der Waals surface area (Å²) in [5.41, 5.74) is 6.08. The molecule has 2 heterocycles. The van der Waals surface area contributed by atoms with Crippen molar-refractivity contribution in [1.82, 2.24) is 14.4 Å². The molecule has 4 aromatic rings. The lowest BCUT2D eigenvalue weighted by Crippen LogP contribution is -1.95. The molecule has 0 aliphatic heterocycles. The van der Waals surface area contributed by atoms with Gasteiger partial charge in [-0.3, -0.25) is 9.38 Å². The number of hydrogen-bond acceptors (Lipinski definition) is 4. The first-order valence-corrected chi connectivity index (χ1v) is 8.88. The summed E-state index contributed by atoms with van der Waals surface area (Å²) in [5, 5.41) is 0. The minimum Gasteiger partial charge on any atom is -0.493 e. The predicted octanol–water partition coefficient (Wildman–Crippen LogP) is 4.64. The highest BCUT2D eigenvalue weighted by Gasteiger charge is 2.12. The van der Waals surface area contributed by atoms with E-state index in [-0.39, 0.29) is 0 Å². The minimum absolute atomic E-state index is 0.690. The van der Waals surface area contributed by atoms with E-state index in [1.54, 1.807) is 20.4 Å². The molecule has 0 aliphatic rings. The van der Waals surface area contributed by atoms with E-state index in [1.165, 1.54) is 5.56 Å². The highest BCUT2D eigenvalue weighted by molar-refractivity contribution is 5.69. The molecule has 0 spiro atoms. The van der Waals surface area contributed by atoms with E-state index in [9.17, 15) is 0 Å². The smallest absolute Gasteiger partial charge is 0.161 e. The Hall–Kier alpha value is -3.34. The Kier molecular flexibility index (Phi) is 4.50. The van der Waals surface area contributed by atoms with Gasteiger partial charge < -0.3 is 9.47 Å². The zero-order chi connectivity index (χ0) is 18.8. The average Bonchev–Trinajstić information content (AvgIpc) is 3.16. The average molecular weight is 359 g/mol. The number of fused-ring (bicyclic) bond motifs is 1. The zero-order valence-electron chi connectivity index (χ0n) is 15.6. The van der Waals surface area contributed by atoms with Gasteiger partial charge in [0, 0.05) is 17.3 Å². The number of imidazole rings is 1. The SMILES string of the molecule is CCc1cccc(-c2cn3c(-c4ccc(OC)c(OC)c4)cnc3cn2)c1. The molecular formula is C22H21N3O2. The van der Waals surface area contributed by atoms with Gasteiger partial charge in [-0.15, -0.1) is 0 Å². The van der Waals surface area contributed by atoms with E-state index in [2.05, 4.69) is 45.6 Å². The summed E-state index contributed by atoms with van der Waals surface area (Å²) in [6, 6.07) is 14.3. The van der Waals surface area contributed by atoms with Gasteiger partial charge in [0.25, 0.3) is 0 Å². The van der Waals surface area contributed by atoms with E-state index in [1.807, 2.05) is 30.6 Å². The van der Waals surface area contributed by atoms with E-state index in [4.69, 9.17) is 9.47 Å². The lowest BCUT2D eigenvalue weighted by molar-refractivity contribution is 0.355. The van der Waals surface area contributed by atoms with Crippen molar-refractivity contribution in [3.63, 3.8) is 0 Å². The number of rotatable bonds is 5. The van der Waals surface area contributed by atoms with Gasteiger partial charge in [-0.2, -0.15) is 0 Å². The van der Waals surface area contributed by atoms with Crippen molar-refractivity contribution in [2.75, 3.05) is 14.2 Å². The van der Waals surface area contributed by atoms with Crippen molar-refractivity contribution >= 4 is 5.65 Å². The van der Waals surface area contributed by atoms with Crippen molar-refractivity contribution in [3.05, 3.63) is 66.6 Å². The molecule has 0 bridgehead atoms. The fourth-order valence-corrected chi connectivity index (χ4v) is 3.20. The van der Waals surface area contributed by atoms with Crippen molar-refractivity contribution < 1.29 is 9.47 Å². The third kappa shape index (κ3) is 3.12. The highest BCUT2D eigenvalue weighted by atomic mass is 16.5. The number of hydrogen-bond donors (Lipinski definition) is 0. The maximum Gasteiger partial charge on any atom is 0.161 e. The number of benzene rings is 2. The Bertz CT molecular complexity index is 1100. The first kappa shape index (κ1) is 17.1. The maximum atomic E-state index is 5.44. The molecule has 0 radical (unpaired) electrons. The van der Waals surface area contributed by atoms with Gasteiger partial charge in [0.05, 0.1) is 38.0 Å². The molecule has 5 heteroatoms. The quantitative estimate of drug-likeness (QED) is 0.521. The van der Waals surface area contributed by atoms with Crippen LogP contribution in [0.4, 0.5) is 0 Å². The van der Waals surface area contributed by atoms with E-state index in [0.717, 1.165) is 34.6 Å². The molecule has 0 N–H and O–H groups in total. The number of aryl methyl sites for hydroxylation is 1. The highest BCUT2D eigenvalue weighted by Crippen LogP contribution is 2.33. The molecule has 0 saturated carbocycles. The van der Waals surface area contributed by atoms with Gasteiger partial charge in [0.2, 0.25) is 0 Å². The Morgan fingerprint density at radius 2 is 1.74 bits per heavy atom. The molecule has 4 rings (SSSR count). The van der Waals surface area contributed by atoms with E-state index < -0.39 is 0 Å². The van der Waals surface area contributed by atoms with Crippen LogP contribution in [0.2, 0.25) is 0 Å². The van der Waals surface area contributed by atoms with Crippen LogP contribution in [0.25, 0.3) is 28.2 Å². The first-order chi connectivity index (χ1) is 13.2. The summed E-state index contributed by atoms with van der Waals surface area (Å²) in [6.45, 7) is 2.15. The van der Waals surface area contributed by atoms with Crippen LogP contribution in [0, 0.1) is 0 Å². The molecule has 0 amide bonds. The van der Waals surface area contributed by atoms with Gasteiger partial charge in [-0.05, 0) is 36.2 Å². The summed E-state index contributed by atoms with van der Waals surface area (Å²) in [4.78, 5) is 9.08. The number of aromatic nitrogens is 3. The third-order valence-electron chi connectivity index (χ3n) is 4.71. The van der Waals surface area contributed by atoms with E-state index >= 15 is 0 Å². The Balaban J connectivity index is 1.83. The molecule has 136 valence electrons. The summed E-state index contributed by atoms with van der Waals surface area (Å²) >= 11 is 0. The van der Waals surface area contributed by atoms with Gasteiger partial charge in [-0.25, -0.2) is 4.98 Å². The van der Waals surface area contributed by atoms with Crippen LogP contribution >= 0.6 is 0 Å². The summed E-state index contributed by atoms with van der Waals surface area (Å²) in [7, 11) is 3.27. The largest absolute Gasteiger partial charge is 0.493 e.